The lowest BCUT2D eigenvalue weighted by Gasteiger charge is -2.19. The highest BCUT2D eigenvalue weighted by molar-refractivity contribution is 6.14. The van der Waals surface area contributed by atoms with Gasteiger partial charge in [-0.2, -0.15) is 0 Å². The van der Waals surface area contributed by atoms with Crippen LogP contribution in [0, 0.1) is 5.92 Å². The molecule has 1 saturated carbocycles. The van der Waals surface area contributed by atoms with E-state index in [9.17, 15) is 9.59 Å². The van der Waals surface area contributed by atoms with Gasteiger partial charge in [-0.05, 0) is 55.7 Å². The first kappa shape index (κ1) is 19.2. The number of ether oxygens (including phenoxy) is 3. The summed E-state index contributed by atoms with van der Waals surface area (Å²) in [5.41, 5.74) is 1.32. The summed E-state index contributed by atoms with van der Waals surface area (Å²) < 4.78 is 16.7. The molecule has 2 aromatic carbocycles. The number of carbonyl (C=O) groups is 2. The third kappa shape index (κ3) is 4.34. The maximum Gasteiger partial charge on any atom is 0.314 e. The largest absolute Gasteiger partial charge is 0.494 e. The zero-order valence-corrected chi connectivity index (χ0v) is 16.5. The minimum absolute atomic E-state index is 0.00939. The average Bonchev–Trinajstić information content (AvgIpc) is 3.05. The molecule has 2 aliphatic rings. The van der Waals surface area contributed by atoms with E-state index in [0.29, 0.717) is 29.4 Å². The standard InChI is InChI=1S/C24H24O5/c1-2-27-19-12-13-20-21(15-19)29-22(23(20)25)14-16-8-10-18(11-9-16)28-24(26)17-6-4-3-5-7-17/h8-15,17H,2-7H2,1H3/b22-14-. The number of ketones is 1. The van der Waals surface area contributed by atoms with E-state index >= 15 is 0 Å². The van der Waals surface area contributed by atoms with Crippen LogP contribution in [0.4, 0.5) is 0 Å². The number of carbonyl (C=O) groups excluding carboxylic acids is 2. The lowest BCUT2D eigenvalue weighted by atomic mass is 9.89. The van der Waals surface area contributed by atoms with Gasteiger partial charge in [-0.15, -0.1) is 0 Å². The van der Waals surface area contributed by atoms with Crippen molar-refractivity contribution in [3.05, 3.63) is 59.4 Å². The van der Waals surface area contributed by atoms with Crippen LogP contribution in [0.15, 0.2) is 48.2 Å². The van der Waals surface area contributed by atoms with Crippen LogP contribution in [0.5, 0.6) is 17.2 Å². The van der Waals surface area contributed by atoms with Crippen molar-refractivity contribution in [3.8, 4) is 17.2 Å². The molecule has 0 bridgehead atoms. The molecule has 5 nitrogen and oxygen atoms in total. The smallest absolute Gasteiger partial charge is 0.314 e. The van der Waals surface area contributed by atoms with Gasteiger partial charge in [0.15, 0.2) is 5.76 Å². The van der Waals surface area contributed by atoms with Crippen molar-refractivity contribution in [2.45, 2.75) is 39.0 Å². The molecule has 1 heterocycles. The second kappa shape index (κ2) is 8.52. The SMILES string of the molecule is CCOc1ccc2c(c1)O/C(=C\c1ccc(OC(=O)C3CCCCC3)cc1)C2=O. The van der Waals surface area contributed by atoms with Crippen molar-refractivity contribution >= 4 is 17.8 Å². The molecule has 0 spiro atoms. The van der Waals surface area contributed by atoms with Crippen molar-refractivity contribution < 1.29 is 23.8 Å². The second-order valence-corrected chi connectivity index (χ2v) is 7.36. The minimum atomic E-state index is -0.157. The van der Waals surface area contributed by atoms with Gasteiger partial charge in [-0.3, -0.25) is 9.59 Å². The molecule has 1 aliphatic heterocycles. The summed E-state index contributed by atoms with van der Waals surface area (Å²) in [7, 11) is 0. The lowest BCUT2D eigenvalue weighted by Crippen LogP contribution is -2.22. The van der Waals surface area contributed by atoms with Crippen LogP contribution in [-0.4, -0.2) is 18.4 Å². The molecule has 0 amide bonds. The van der Waals surface area contributed by atoms with Crippen molar-refractivity contribution in [1.29, 1.82) is 0 Å². The maximum absolute atomic E-state index is 12.6. The summed E-state index contributed by atoms with van der Waals surface area (Å²) in [6.45, 7) is 2.45. The van der Waals surface area contributed by atoms with Crippen LogP contribution in [0.3, 0.4) is 0 Å². The van der Waals surface area contributed by atoms with Gasteiger partial charge in [0.1, 0.15) is 17.2 Å². The summed E-state index contributed by atoms with van der Waals surface area (Å²) in [6.07, 6.45) is 6.89. The minimum Gasteiger partial charge on any atom is -0.494 e. The van der Waals surface area contributed by atoms with Crippen LogP contribution >= 0.6 is 0 Å². The van der Waals surface area contributed by atoms with Gasteiger partial charge >= 0.3 is 5.97 Å². The van der Waals surface area contributed by atoms with Crippen LogP contribution < -0.4 is 14.2 Å². The lowest BCUT2D eigenvalue weighted by molar-refractivity contribution is -0.139. The number of hydrogen-bond donors (Lipinski definition) is 0. The fourth-order valence-corrected chi connectivity index (χ4v) is 3.74. The molecular weight excluding hydrogens is 368 g/mol. The fraction of sp³-hybridized carbons (Fsp3) is 0.333. The summed E-state index contributed by atoms with van der Waals surface area (Å²) in [6, 6.07) is 12.3. The van der Waals surface area contributed by atoms with E-state index in [1.165, 1.54) is 6.42 Å². The molecule has 150 valence electrons. The second-order valence-electron chi connectivity index (χ2n) is 7.36. The Morgan fingerprint density at radius 2 is 1.79 bits per heavy atom. The van der Waals surface area contributed by atoms with Gasteiger partial charge < -0.3 is 14.2 Å². The third-order valence-electron chi connectivity index (χ3n) is 5.29. The molecule has 0 unspecified atom stereocenters. The van der Waals surface area contributed by atoms with Crippen LogP contribution in [0.25, 0.3) is 6.08 Å². The van der Waals surface area contributed by atoms with Crippen LogP contribution in [0.2, 0.25) is 0 Å². The highest BCUT2D eigenvalue weighted by atomic mass is 16.5. The van der Waals surface area contributed by atoms with Gasteiger partial charge in [0.25, 0.3) is 0 Å². The third-order valence-corrected chi connectivity index (χ3v) is 5.29. The Morgan fingerprint density at radius 1 is 1.07 bits per heavy atom. The van der Waals surface area contributed by atoms with Gasteiger partial charge in [0, 0.05) is 6.07 Å². The summed E-state index contributed by atoms with van der Waals surface area (Å²) in [5.74, 6) is 1.66. The normalized spacial score (nSPS) is 17.7. The van der Waals surface area contributed by atoms with E-state index in [0.717, 1.165) is 31.2 Å². The first-order valence-corrected chi connectivity index (χ1v) is 10.2. The Morgan fingerprint density at radius 3 is 2.52 bits per heavy atom. The zero-order chi connectivity index (χ0) is 20.2. The maximum atomic E-state index is 12.6. The first-order valence-electron chi connectivity index (χ1n) is 10.2. The highest BCUT2D eigenvalue weighted by Gasteiger charge is 2.28. The summed E-state index contributed by atoms with van der Waals surface area (Å²) in [5, 5.41) is 0. The van der Waals surface area contributed by atoms with Crippen molar-refractivity contribution in [2.75, 3.05) is 6.61 Å². The monoisotopic (exact) mass is 392 g/mol. The Kier molecular flexibility index (Phi) is 5.65. The van der Waals surface area contributed by atoms with E-state index in [2.05, 4.69) is 0 Å². The Balaban J connectivity index is 1.43. The Labute approximate surface area is 170 Å². The molecule has 5 heteroatoms. The van der Waals surface area contributed by atoms with E-state index in [1.807, 2.05) is 19.1 Å². The molecule has 29 heavy (non-hydrogen) atoms. The number of rotatable bonds is 5. The number of hydrogen-bond acceptors (Lipinski definition) is 5. The molecule has 2 aromatic rings. The van der Waals surface area contributed by atoms with Crippen molar-refractivity contribution in [2.24, 2.45) is 5.92 Å². The number of allylic oxidation sites excluding steroid dienone is 1. The molecule has 0 saturated heterocycles. The quantitative estimate of drug-likeness (QED) is 0.398. The molecular formula is C24H24O5. The summed E-state index contributed by atoms with van der Waals surface area (Å²) >= 11 is 0. The number of fused-ring (bicyclic) bond motifs is 1. The van der Waals surface area contributed by atoms with Crippen LogP contribution in [-0.2, 0) is 4.79 Å². The topological polar surface area (TPSA) is 61.8 Å². The number of esters is 1. The predicted octanol–water partition coefficient (Wildman–Crippen LogP) is 5.19. The van der Waals surface area contributed by atoms with Crippen molar-refractivity contribution in [3.63, 3.8) is 0 Å². The highest BCUT2D eigenvalue weighted by Crippen LogP contribution is 2.35. The molecule has 1 aliphatic carbocycles. The van der Waals surface area contributed by atoms with Gasteiger partial charge in [-0.25, -0.2) is 0 Å². The number of benzene rings is 2. The van der Waals surface area contributed by atoms with E-state index < -0.39 is 0 Å². The molecule has 4 rings (SSSR count). The molecule has 0 atom stereocenters. The first-order chi connectivity index (χ1) is 14.1. The fourth-order valence-electron chi connectivity index (χ4n) is 3.74. The Hall–Kier alpha value is -3.08. The van der Waals surface area contributed by atoms with E-state index in [-0.39, 0.29) is 23.4 Å². The summed E-state index contributed by atoms with van der Waals surface area (Å²) in [4.78, 5) is 24.8. The van der Waals surface area contributed by atoms with Gasteiger partial charge in [-0.1, -0.05) is 31.4 Å². The average molecular weight is 392 g/mol. The Bertz CT molecular complexity index is 936. The molecule has 0 N–H and O–H groups in total. The predicted molar refractivity (Wildman–Crippen MR) is 109 cm³/mol. The van der Waals surface area contributed by atoms with E-state index in [4.69, 9.17) is 14.2 Å². The number of Topliss-reactive ketones (excluding diaryl/α,β-unsaturated/α-hetero) is 1. The molecule has 0 radical (unpaired) electrons. The molecule has 1 fully saturated rings. The van der Waals surface area contributed by atoms with Crippen molar-refractivity contribution in [1.82, 2.24) is 0 Å². The van der Waals surface area contributed by atoms with Gasteiger partial charge in [0.2, 0.25) is 5.78 Å². The zero-order valence-electron chi connectivity index (χ0n) is 16.5. The van der Waals surface area contributed by atoms with Gasteiger partial charge in [0.05, 0.1) is 18.1 Å². The van der Waals surface area contributed by atoms with E-state index in [1.54, 1.807) is 36.4 Å². The molecule has 0 aromatic heterocycles. The van der Waals surface area contributed by atoms with Crippen LogP contribution in [0.1, 0.15) is 54.9 Å².